The first-order chi connectivity index (χ1) is 17.6. The lowest BCUT2D eigenvalue weighted by Gasteiger charge is -2.19. The lowest BCUT2D eigenvalue weighted by atomic mass is 10.0. The van der Waals surface area contributed by atoms with Gasteiger partial charge >= 0.3 is 0 Å². The largest absolute Gasteiger partial charge is 0.486 e. The van der Waals surface area contributed by atoms with E-state index in [1.54, 1.807) is 18.2 Å². The van der Waals surface area contributed by atoms with Gasteiger partial charge in [0.05, 0.1) is 23.2 Å². The van der Waals surface area contributed by atoms with Gasteiger partial charge < -0.3 is 20.1 Å². The number of fused-ring (bicyclic) bond motifs is 2. The van der Waals surface area contributed by atoms with Crippen LogP contribution < -0.4 is 20.1 Å². The number of rotatable bonds is 7. The molecule has 4 aromatic rings. The molecule has 0 radical (unpaired) electrons. The molecule has 2 heterocycles. The first-order valence-corrected chi connectivity index (χ1v) is 11.7. The number of pyridine rings is 1. The number of hydrogen-bond acceptors (Lipinski definition) is 5. The van der Waals surface area contributed by atoms with Crippen molar-refractivity contribution in [2.75, 3.05) is 26.3 Å². The summed E-state index contributed by atoms with van der Waals surface area (Å²) in [5.41, 5.74) is 3.36. The Morgan fingerprint density at radius 1 is 0.861 bits per heavy atom. The van der Waals surface area contributed by atoms with Gasteiger partial charge in [0.1, 0.15) is 19.0 Å². The summed E-state index contributed by atoms with van der Waals surface area (Å²) >= 11 is 0. The summed E-state index contributed by atoms with van der Waals surface area (Å²) in [5.74, 6) is 0.523. The lowest BCUT2D eigenvalue weighted by Crippen LogP contribution is -2.35. The summed E-state index contributed by atoms with van der Waals surface area (Å²) in [7, 11) is 0. The van der Waals surface area contributed by atoms with Gasteiger partial charge in [0.2, 0.25) is 5.91 Å². The van der Waals surface area contributed by atoms with Crippen LogP contribution in [0, 0.1) is 5.82 Å². The highest BCUT2D eigenvalue weighted by Gasteiger charge is 2.17. The molecule has 0 aliphatic carbocycles. The van der Waals surface area contributed by atoms with Crippen LogP contribution in [0.1, 0.15) is 15.9 Å². The van der Waals surface area contributed by atoms with E-state index in [0.29, 0.717) is 47.1 Å². The molecule has 3 aromatic carbocycles. The zero-order chi connectivity index (χ0) is 24.9. The van der Waals surface area contributed by atoms with E-state index in [-0.39, 0.29) is 37.1 Å². The monoisotopic (exact) mass is 485 g/mol. The number of halogens is 1. The van der Waals surface area contributed by atoms with E-state index in [9.17, 15) is 14.0 Å². The smallest absolute Gasteiger partial charge is 0.252 e. The van der Waals surface area contributed by atoms with Crippen LogP contribution in [-0.4, -0.2) is 43.1 Å². The molecule has 0 spiro atoms. The zero-order valence-electron chi connectivity index (χ0n) is 19.4. The molecule has 36 heavy (non-hydrogen) atoms. The van der Waals surface area contributed by atoms with Gasteiger partial charge in [-0.25, -0.2) is 9.37 Å². The minimum absolute atomic E-state index is 0.141. The zero-order valence-corrected chi connectivity index (χ0v) is 19.4. The Bertz CT molecular complexity index is 1420. The summed E-state index contributed by atoms with van der Waals surface area (Å²) in [5, 5.41) is 6.37. The van der Waals surface area contributed by atoms with Crippen LogP contribution in [-0.2, 0) is 11.2 Å². The van der Waals surface area contributed by atoms with Crippen LogP contribution in [0.2, 0.25) is 0 Å². The summed E-state index contributed by atoms with van der Waals surface area (Å²) in [6.45, 7) is 1.51. The molecule has 0 saturated heterocycles. The third-order valence-electron chi connectivity index (χ3n) is 5.81. The fourth-order valence-electron chi connectivity index (χ4n) is 4.04. The molecule has 0 bridgehead atoms. The van der Waals surface area contributed by atoms with E-state index in [1.165, 1.54) is 12.1 Å². The average Bonchev–Trinajstić information content (AvgIpc) is 2.91. The Morgan fingerprint density at radius 3 is 2.44 bits per heavy atom. The summed E-state index contributed by atoms with van der Waals surface area (Å²) in [6.07, 6.45) is 0.141. The maximum Gasteiger partial charge on any atom is 0.252 e. The van der Waals surface area contributed by atoms with E-state index in [1.807, 2.05) is 42.5 Å². The first kappa shape index (κ1) is 23.3. The van der Waals surface area contributed by atoms with Crippen LogP contribution in [0.5, 0.6) is 11.5 Å². The van der Waals surface area contributed by atoms with Crippen molar-refractivity contribution < 1.29 is 23.5 Å². The van der Waals surface area contributed by atoms with Crippen LogP contribution in [0.15, 0.2) is 72.8 Å². The molecule has 5 rings (SSSR count). The van der Waals surface area contributed by atoms with Crippen molar-refractivity contribution in [1.29, 1.82) is 0 Å². The normalized spacial score (nSPS) is 12.2. The number of nitrogens with one attached hydrogen (secondary N) is 2. The van der Waals surface area contributed by atoms with Crippen molar-refractivity contribution >= 4 is 22.7 Å². The van der Waals surface area contributed by atoms with Crippen molar-refractivity contribution in [1.82, 2.24) is 15.6 Å². The van der Waals surface area contributed by atoms with Crippen LogP contribution >= 0.6 is 0 Å². The van der Waals surface area contributed by atoms with Crippen molar-refractivity contribution in [3.05, 3.63) is 89.7 Å². The quantitative estimate of drug-likeness (QED) is 0.388. The predicted molar refractivity (Wildman–Crippen MR) is 134 cm³/mol. The fraction of sp³-hybridized carbons (Fsp3) is 0.179. The molecule has 7 nitrogen and oxygen atoms in total. The number of carbonyl (C=O) groups is 2. The third-order valence-corrected chi connectivity index (χ3v) is 5.81. The fourth-order valence-corrected chi connectivity index (χ4v) is 4.04. The predicted octanol–water partition coefficient (Wildman–Crippen LogP) is 3.90. The minimum atomic E-state index is -0.345. The van der Waals surface area contributed by atoms with Crippen molar-refractivity contribution in [2.45, 2.75) is 6.42 Å². The molecule has 0 fully saturated rings. The molecular formula is C28H24FN3O4. The Balaban J connectivity index is 1.27. The van der Waals surface area contributed by atoms with Gasteiger partial charge in [-0.1, -0.05) is 30.3 Å². The van der Waals surface area contributed by atoms with E-state index in [0.717, 1.165) is 10.9 Å². The Hall–Kier alpha value is -4.46. The summed E-state index contributed by atoms with van der Waals surface area (Å²) in [4.78, 5) is 30.0. The third kappa shape index (κ3) is 5.27. The van der Waals surface area contributed by atoms with Gasteiger partial charge in [0.15, 0.2) is 11.5 Å². The molecule has 1 aromatic heterocycles. The molecule has 1 aliphatic heterocycles. The number of benzene rings is 3. The lowest BCUT2D eigenvalue weighted by molar-refractivity contribution is -0.120. The number of carbonyl (C=O) groups excluding carboxylic acids is 2. The number of nitrogens with zero attached hydrogens (tertiary/aromatic N) is 1. The summed E-state index contributed by atoms with van der Waals surface area (Å²) < 4.78 is 24.3. The van der Waals surface area contributed by atoms with Gasteiger partial charge in [0.25, 0.3) is 5.91 Å². The van der Waals surface area contributed by atoms with Gasteiger partial charge in [-0.3, -0.25) is 9.59 Å². The molecule has 182 valence electrons. The minimum Gasteiger partial charge on any atom is -0.486 e. The van der Waals surface area contributed by atoms with Crippen LogP contribution in [0.25, 0.3) is 22.2 Å². The molecule has 0 unspecified atom stereocenters. The van der Waals surface area contributed by atoms with Gasteiger partial charge in [-0.05, 0) is 48.0 Å². The SMILES string of the molecule is O=C(Cc1ccc(F)cc1)NCCNC(=O)c1cc(-c2ccc3c(c2)OCCO3)nc2ccccc12. The van der Waals surface area contributed by atoms with E-state index in [4.69, 9.17) is 14.5 Å². The molecule has 8 heteroatoms. The highest BCUT2D eigenvalue weighted by atomic mass is 19.1. The maximum absolute atomic E-state index is 13.1. The highest BCUT2D eigenvalue weighted by molar-refractivity contribution is 6.07. The molecule has 2 amide bonds. The second-order valence-electron chi connectivity index (χ2n) is 8.34. The highest BCUT2D eigenvalue weighted by Crippen LogP contribution is 2.35. The van der Waals surface area contributed by atoms with Gasteiger partial charge in [0, 0.05) is 24.0 Å². The number of para-hydroxylation sites is 1. The molecular weight excluding hydrogens is 461 g/mol. The Morgan fingerprint density at radius 2 is 1.61 bits per heavy atom. The van der Waals surface area contributed by atoms with E-state index < -0.39 is 0 Å². The van der Waals surface area contributed by atoms with Crippen molar-refractivity contribution in [2.24, 2.45) is 0 Å². The summed E-state index contributed by atoms with van der Waals surface area (Å²) in [6, 6.07) is 20.6. The standard InChI is InChI=1S/C28H24FN3O4/c29-20-8-5-18(6-9-20)15-27(33)30-11-12-31-28(34)22-17-24(32-23-4-2-1-3-21(22)23)19-7-10-25-26(16-19)36-14-13-35-25/h1-10,16-17H,11-15H2,(H,30,33)(H,31,34). The molecule has 0 atom stereocenters. The van der Waals surface area contributed by atoms with Crippen LogP contribution in [0.3, 0.4) is 0 Å². The van der Waals surface area contributed by atoms with E-state index >= 15 is 0 Å². The Labute approximate surface area is 207 Å². The average molecular weight is 486 g/mol. The Kier molecular flexibility index (Phi) is 6.75. The van der Waals surface area contributed by atoms with Gasteiger partial charge in [-0.2, -0.15) is 0 Å². The van der Waals surface area contributed by atoms with Crippen molar-refractivity contribution in [3.8, 4) is 22.8 Å². The molecule has 0 saturated carbocycles. The number of hydrogen-bond donors (Lipinski definition) is 2. The van der Waals surface area contributed by atoms with Gasteiger partial charge in [-0.15, -0.1) is 0 Å². The second kappa shape index (κ2) is 10.4. The number of amides is 2. The number of ether oxygens (including phenoxy) is 2. The van der Waals surface area contributed by atoms with E-state index in [2.05, 4.69) is 10.6 Å². The molecule has 2 N–H and O–H groups in total. The maximum atomic E-state index is 13.1. The van der Waals surface area contributed by atoms with Crippen LogP contribution in [0.4, 0.5) is 4.39 Å². The topological polar surface area (TPSA) is 89.6 Å². The van der Waals surface area contributed by atoms with Crippen molar-refractivity contribution in [3.63, 3.8) is 0 Å². The first-order valence-electron chi connectivity index (χ1n) is 11.7. The number of aromatic nitrogens is 1. The molecule has 1 aliphatic rings. The second-order valence-corrected chi connectivity index (χ2v) is 8.34.